The number of aliphatic imine (C=N–C) groups is 1. The predicted octanol–water partition coefficient (Wildman–Crippen LogP) is 1.52. The summed E-state index contributed by atoms with van der Waals surface area (Å²) in [4.78, 5) is 33.7. The Morgan fingerprint density at radius 1 is 1.14 bits per heavy atom. The van der Waals surface area contributed by atoms with Crippen LogP contribution >= 0.6 is 24.0 Å². The van der Waals surface area contributed by atoms with Crippen molar-refractivity contribution in [1.82, 2.24) is 25.2 Å². The van der Waals surface area contributed by atoms with Crippen LogP contribution in [0.1, 0.15) is 12.1 Å². The fourth-order valence-corrected chi connectivity index (χ4v) is 3.01. The van der Waals surface area contributed by atoms with Crippen molar-refractivity contribution in [3.63, 3.8) is 0 Å². The van der Waals surface area contributed by atoms with E-state index in [0.29, 0.717) is 18.8 Å². The van der Waals surface area contributed by atoms with Crippen molar-refractivity contribution in [3.05, 3.63) is 42.4 Å². The van der Waals surface area contributed by atoms with Gasteiger partial charge in [0.15, 0.2) is 5.96 Å². The summed E-state index contributed by atoms with van der Waals surface area (Å²) in [5.74, 6) is 2.06. The maximum Gasteiger partial charge on any atom is 0.227 e. The lowest BCUT2D eigenvalue weighted by molar-refractivity contribution is -0.116. The molecule has 1 aliphatic heterocycles. The summed E-state index contributed by atoms with van der Waals surface area (Å²) >= 11 is 0. The van der Waals surface area contributed by atoms with Crippen LogP contribution in [0.3, 0.4) is 0 Å². The number of hydrogen-bond acceptors (Lipinski definition) is 6. The lowest BCUT2D eigenvalue weighted by Gasteiger charge is -2.36. The number of carbonyl (C=O) groups is 1. The van der Waals surface area contributed by atoms with Gasteiger partial charge in [0.05, 0.1) is 0 Å². The quantitative estimate of drug-likeness (QED) is 0.358. The largest absolute Gasteiger partial charge is 0.356 e. The van der Waals surface area contributed by atoms with Crippen molar-refractivity contribution in [1.29, 1.82) is 0 Å². The van der Waals surface area contributed by atoms with Gasteiger partial charge < -0.3 is 20.4 Å². The van der Waals surface area contributed by atoms with E-state index in [1.165, 1.54) is 0 Å². The molecule has 0 saturated carbocycles. The van der Waals surface area contributed by atoms with Gasteiger partial charge in [-0.3, -0.25) is 9.79 Å². The van der Waals surface area contributed by atoms with Gasteiger partial charge in [-0.05, 0) is 25.1 Å². The molecule has 3 rings (SSSR count). The molecule has 0 bridgehead atoms. The molecule has 0 spiro atoms. The van der Waals surface area contributed by atoms with Gasteiger partial charge in [-0.1, -0.05) is 6.07 Å². The second kappa shape index (κ2) is 11.5. The van der Waals surface area contributed by atoms with E-state index in [4.69, 9.17) is 0 Å². The van der Waals surface area contributed by atoms with Crippen LogP contribution in [0, 0.1) is 6.92 Å². The third-order valence-corrected chi connectivity index (χ3v) is 4.42. The lowest BCUT2D eigenvalue weighted by Crippen LogP contribution is -2.53. The van der Waals surface area contributed by atoms with E-state index >= 15 is 0 Å². The Morgan fingerprint density at radius 3 is 2.52 bits per heavy atom. The van der Waals surface area contributed by atoms with E-state index in [1.807, 2.05) is 25.1 Å². The first-order valence-corrected chi connectivity index (χ1v) is 9.37. The van der Waals surface area contributed by atoms with Gasteiger partial charge in [-0.25, -0.2) is 15.0 Å². The number of aryl methyl sites for hydroxylation is 1. The number of anilines is 2. The number of carbonyl (C=O) groups excluding carboxylic acids is 1. The lowest BCUT2D eigenvalue weighted by atomic mass is 10.3. The fraction of sp³-hybridized carbons (Fsp3) is 0.421. The highest BCUT2D eigenvalue weighted by molar-refractivity contribution is 14.0. The zero-order chi connectivity index (χ0) is 19.8. The number of piperazine rings is 1. The Morgan fingerprint density at radius 2 is 1.86 bits per heavy atom. The van der Waals surface area contributed by atoms with Gasteiger partial charge in [-0.2, -0.15) is 0 Å². The number of halogens is 1. The summed E-state index contributed by atoms with van der Waals surface area (Å²) in [5, 5.41) is 6.08. The smallest absolute Gasteiger partial charge is 0.227 e. The van der Waals surface area contributed by atoms with Gasteiger partial charge in [0.2, 0.25) is 11.9 Å². The van der Waals surface area contributed by atoms with Crippen LogP contribution < -0.4 is 15.5 Å². The Kier molecular flexibility index (Phi) is 9.03. The summed E-state index contributed by atoms with van der Waals surface area (Å²) in [6, 6.07) is 7.37. The zero-order valence-electron chi connectivity index (χ0n) is 16.7. The Labute approximate surface area is 188 Å². The van der Waals surface area contributed by atoms with Crippen LogP contribution in [0.5, 0.6) is 0 Å². The van der Waals surface area contributed by atoms with Gasteiger partial charge in [0.25, 0.3) is 0 Å². The van der Waals surface area contributed by atoms with E-state index in [-0.39, 0.29) is 29.9 Å². The molecule has 0 aromatic carbocycles. The molecular formula is C19H27IN8O. The van der Waals surface area contributed by atoms with Crippen LogP contribution in [-0.4, -0.2) is 71.5 Å². The highest BCUT2D eigenvalue weighted by Gasteiger charge is 2.21. The highest BCUT2D eigenvalue weighted by Crippen LogP contribution is 2.10. The summed E-state index contributed by atoms with van der Waals surface area (Å²) in [5.41, 5.74) is 0.872. The van der Waals surface area contributed by atoms with Crippen molar-refractivity contribution in [2.45, 2.75) is 13.3 Å². The number of nitrogens with one attached hydrogen (secondary N) is 2. The average molecular weight is 510 g/mol. The molecule has 29 heavy (non-hydrogen) atoms. The van der Waals surface area contributed by atoms with E-state index in [9.17, 15) is 4.79 Å². The normalized spacial score (nSPS) is 14.2. The van der Waals surface area contributed by atoms with Gasteiger partial charge in [0, 0.05) is 64.3 Å². The van der Waals surface area contributed by atoms with Crippen molar-refractivity contribution >= 4 is 47.6 Å². The van der Waals surface area contributed by atoms with E-state index in [1.54, 1.807) is 25.5 Å². The van der Waals surface area contributed by atoms with Crippen LogP contribution in [0.25, 0.3) is 0 Å². The molecule has 0 unspecified atom stereocenters. The SMILES string of the molecule is CN=C(NCCC(=O)Nc1cccc(C)n1)N1CCN(c2ncccn2)CC1.I. The highest BCUT2D eigenvalue weighted by atomic mass is 127. The molecule has 2 aromatic rings. The molecule has 0 aliphatic carbocycles. The topological polar surface area (TPSA) is 98.6 Å². The molecule has 2 N–H and O–H groups in total. The maximum atomic E-state index is 12.1. The van der Waals surface area contributed by atoms with Gasteiger partial charge in [0.1, 0.15) is 5.82 Å². The predicted molar refractivity (Wildman–Crippen MR) is 125 cm³/mol. The number of pyridine rings is 1. The third-order valence-electron chi connectivity index (χ3n) is 4.42. The number of guanidine groups is 1. The van der Waals surface area contributed by atoms with Crippen LogP contribution in [0.2, 0.25) is 0 Å². The molecule has 1 amide bonds. The third kappa shape index (κ3) is 6.80. The minimum absolute atomic E-state index is 0. The molecule has 1 fully saturated rings. The average Bonchev–Trinajstić information content (AvgIpc) is 2.72. The first kappa shape index (κ1) is 22.8. The number of rotatable bonds is 5. The van der Waals surface area contributed by atoms with Crippen molar-refractivity contribution in [3.8, 4) is 0 Å². The number of aromatic nitrogens is 3. The van der Waals surface area contributed by atoms with Crippen LogP contribution in [0.15, 0.2) is 41.7 Å². The molecule has 2 aromatic heterocycles. The fourth-order valence-electron chi connectivity index (χ4n) is 3.01. The Bertz CT molecular complexity index is 809. The standard InChI is InChI=1S/C19H26N8O.HI/c1-15-5-3-6-16(24-15)25-17(28)7-10-23-18(20-2)26-11-13-27(14-12-26)19-21-8-4-9-22-19;/h3-6,8-9H,7,10-14H2,1-2H3,(H,20,23)(H,24,25,28);1H. The first-order chi connectivity index (χ1) is 13.7. The minimum Gasteiger partial charge on any atom is -0.356 e. The van der Waals surface area contributed by atoms with Crippen LogP contribution in [-0.2, 0) is 4.79 Å². The summed E-state index contributed by atoms with van der Waals surface area (Å²) in [7, 11) is 1.76. The number of hydrogen-bond donors (Lipinski definition) is 2. The maximum absolute atomic E-state index is 12.1. The molecule has 9 nitrogen and oxygen atoms in total. The molecule has 156 valence electrons. The van der Waals surface area contributed by atoms with Crippen molar-refractivity contribution in [2.75, 3.05) is 50.0 Å². The zero-order valence-corrected chi connectivity index (χ0v) is 19.0. The molecule has 10 heteroatoms. The first-order valence-electron chi connectivity index (χ1n) is 9.37. The summed E-state index contributed by atoms with van der Waals surface area (Å²) < 4.78 is 0. The number of nitrogens with zero attached hydrogens (tertiary/aromatic N) is 6. The Balaban J connectivity index is 0.00000300. The van der Waals surface area contributed by atoms with Gasteiger partial charge >= 0.3 is 0 Å². The van der Waals surface area contributed by atoms with Crippen molar-refractivity contribution in [2.24, 2.45) is 4.99 Å². The Hall–Kier alpha value is -2.50. The van der Waals surface area contributed by atoms with Crippen LogP contribution in [0.4, 0.5) is 11.8 Å². The molecular weight excluding hydrogens is 483 g/mol. The second-order valence-electron chi connectivity index (χ2n) is 6.46. The van der Waals surface area contributed by atoms with E-state index in [0.717, 1.165) is 43.8 Å². The van der Waals surface area contributed by atoms with E-state index in [2.05, 4.69) is 40.4 Å². The minimum atomic E-state index is -0.0768. The molecule has 1 saturated heterocycles. The number of amides is 1. The molecule has 0 radical (unpaired) electrons. The molecule has 3 heterocycles. The van der Waals surface area contributed by atoms with Gasteiger partial charge in [-0.15, -0.1) is 24.0 Å². The van der Waals surface area contributed by atoms with E-state index < -0.39 is 0 Å². The second-order valence-corrected chi connectivity index (χ2v) is 6.46. The molecule has 1 aliphatic rings. The monoisotopic (exact) mass is 510 g/mol. The summed E-state index contributed by atoms with van der Waals surface area (Å²) in [6.07, 6.45) is 3.85. The van der Waals surface area contributed by atoms with Crippen molar-refractivity contribution < 1.29 is 4.79 Å². The molecule has 0 atom stereocenters. The summed E-state index contributed by atoms with van der Waals surface area (Å²) in [6.45, 7) is 5.68.